The van der Waals surface area contributed by atoms with Crippen molar-refractivity contribution in [3.63, 3.8) is 0 Å². The van der Waals surface area contributed by atoms with Crippen LogP contribution < -0.4 is 0 Å². The molecule has 0 radical (unpaired) electrons. The maximum absolute atomic E-state index is 10.8. The largest absolute Gasteiger partial charge is 0.481 e. The number of carboxylic acid groups (broad SMARTS) is 1. The Kier molecular flexibility index (Phi) is 2.74. The number of nitro groups is 1. The summed E-state index contributed by atoms with van der Waals surface area (Å²) in [6.45, 7) is 2.98. The fourth-order valence-corrected chi connectivity index (χ4v) is 1.35. The van der Waals surface area contributed by atoms with E-state index in [0.29, 0.717) is 5.82 Å². The van der Waals surface area contributed by atoms with Gasteiger partial charge in [-0.15, -0.1) is 0 Å². The fraction of sp³-hybridized carbons (Fsp3) is 0.500. The lowest BCUT2D eigenvalue weighted by Crippen LogP contribution is -2.13. The summed E-state index contributed by atoms with van der Waals surface area (Å²) in [5, 5.41) is 19.5. The molecule has 82 valence electrons. The Hall–Kier alpha value is -1.92. The first-order valence-corrected chi connectivity index (χ1v) is 4.26. The van der Waals surface area contributed by atoms with Crippen molar-refractivity contribution in [2.24, 2.45) is 7.05 Å². The molecule has 0 spiro atoms. The summed E-state index contributed by atoms with van der Waals surface area (Å²) in [7, 11) is 1.56. The zero-order valence-electron chi connectivity index (χ0n) is 8.59. The van der Waals surface area contributed by atoms with E-state index in [4.69, 9.17) is 5.11 Å². The van der Waals surface area contributed by atoms with Crippen molar-refractivity contribution in [2.75, 3.05) is 0 Å². The normalized spacial score (nSPS) is 12.5. The van der Waals surface area contributed by atoms with E-state index in [1.54, 1.807) is 14.0 Å². The van der Waals surface area contributed by atoms with E-state index < -0.39 is 16.8 Å². The van der Waals surface area contributed by atoms with Crippen molar-refractivity contribution in [3.05, 3.63) is 21.6 Å². The topological polar surface area (TPSA) is 98.3 Å². The summed E-state index contributed by atoms with van der Waals surface area (Å²) in [5.74, 6) is -2.02. The molecule has 0 aromatic carbocycles. The first-order chi connectivity index (χ1) is 6.86. The lowest BCUT2D eigenvalue weighted by atomic mass is 10.1. The van der Waals surface area contributed by atoms with Gasteiger partial charge in [0.05, 0.1) is 0 Å². The number of aromatic nitrogens is 2. The van der Waals surface area contributed by atoms with E-state index in [-0.39, 0.29) is 11.5 Å². The van der Waals surface area contributed by atoms with Gasteiger partial charge in [0.1, 0.15) is 11.6 Å². The molecule has 0 bridgehead atoms. The molecule has 0 saturated heterocycles. The van der Waals surface area contributed by atoms with Crippen LogP contribution in [0.25, 0.3) is 0 Å². The molecule has 1 aromatic heterocycles. The molecule has 15 heavy (non-hydrogen) atoms. The molecular weight excluding hydrogens is 202 g/mol. The smallest absolute Gasteiger partial charge is 0.385 e. The van der Waals surface area contributed by atoms with Gasteiger partial charge in [-0.2, -0.15) is 0 Å². The average molecular weight is 213 g/mol. The first-order valence-electron chi connectivity index (χ1n) is 4.26. The molecule has 0 aliphatic carbocycles. The molecule has 0 amide bonds. The number of rotatable bonds is 3. The van der Waals surface area contributed by atoms with Crippen LogP contribution in [0, 0.1) is 17.0 Å². The number of carbonyl (C=O) groups is 1. The Morgan fingerprint density at radius 2 is 2.20 bits per heavy atom. The minimum absolute atomic E-state index is 0.116. The van der Waals surface area contributed by atoms with Gasteiger partial charge in [-0.05, 0) is 16.8 Å². The van der Waals surface area contributed by atoms with Crippen LogP contribution in [-0.4, -0.2) is 25.6 Å². The molecule has 7 heteroatoms. The fourth-order valence-electron chi connectivity index (χ4n) is 1.35. The summed E-state index contributed by atoms with van der Waals surface area (Å²) in [6, 6.07) is 0. The van der Waals surface area contributed by atoms with Crippen molar-refractivity contribution < 1.29 is 14.8 Å². The van der Waals surface area contributed by atoms with Gasteiger partial charge in [-0.3, -0.25) is 4.79 Å². The highest BCUT2D eigenvalue weighted by Crippen LogP contribution is 2.26. The van der Waals surface area contributed by atoms with Gasteiger partial charge in [-0.25, -0.2) is 0 Å². The quantitative estimate of drug-likeness (QED) is 0.592. The van der Waals surface area contributed by atoms with Gasteiger partial charge < -0.3 is 19.8 Å². The molecule has 1 rings (SSSR count). The second-order valence-electron chi connectivity index (χ2n) is 3.24. The van der Waals surface area contributed by atoms with E-state index >= 15 is 0 Å². The van der Waals surface area contributed by atoms with Crippen molar-refractivity contribution in [2.45, 2.75) is 19.8 Å². The van der Waals surface area contributed by atoms with Gasteiger partial charge in [0.15, 0.2) is 0 Å². The molecule has 1 heterocycles. The number of imidazole rings is 1. The van der Waals surface area contributed by atoms with Gasteiger partial charge in [0.2, 0.25) is 5.82 Å². The molecule has 0 aliphatic heterocycles. The zero-order valence-corrected chi connectivity index (χ0v) is 8.59. The predicted molar refractivity (Wildman–Crippen MR) is 50.7 cm³/mol. The Morgan fingerprint density at radius 3 is 2.60 bits per heavy atom. The molecular formula is C8H11N3O4. The van der Waals surface area contributed by atoms with Crippen molar-refractivity contribution in [1.82, 2.24) is 9.55 Å². The molecule has 1 unspecified atom stereocenters. The van der Waals surface area contributed by atoms with Gasteiger partial charge in [0, 0.05) is 14.0 Å². The van der Waals surface area contributed by atoms with Crippen LogP contribution in [0.4, 0.5) is 5.82 Å². The Balaban J connectivity index is 3.37. The maximum atomic E-state index is 10.8. The SMILES string of the molecule is Cc1nc([N+](=O)[O-])c(C(C)C(=O)O)n1C. The van der Waals surface area contributed by atoms with Crippen LogP contribution in [0.5, 0.6) is 0 Å². The van der Waals surface area contributed by atoms with E-state index in [1.165, 1.54) is 11.5 Å². The Morgan fingerprint density at radius 1 is 1.67 bits per heavy atom. The van der Waals surface area contributed by atoms with Crippen LogP contribution in [0.1, 0.15) is 24.4 Å². The maximum Gasteiger partial charge on any atom is 0.385 e. The third-order valence-electron chi connectivity index (χ3n) is 2.30. The second-order valence-corrected chi connectivity index (χ2v) is 3.24. The van der Waals surface area contributed by atoms with E-state index in [1.807, 2.05) is 0 Å². The van der Waals surface area contributed by atoms with Gasteiger partial charge in [-0.1, -0.05) is 0 Å². The lowest BCUT2D eigenvalue weighted by molar-refractivity contribution is -0.390. The minimum atomic E-state index is -1.11. The molecule has 1 atom stereocenters. The van der Waals surface area contributed by atoms with Crippen LogP contribution in [0.15, 0.2) is 0 Å². The number of hydrogen-bond acceptors (Lipinski definition) is 4. The Bertz CT molecular complexity index is 424. The standard InChI is InChI=1S/C8H11N3O4/c1-4(8(12)13)6-7(11(14)15)9-5(2)10(6)3/h4H,1-3H3,(H,12,13). The van der Waals surface area contributed by atoms with E-state index in [2.05, 4.69) is 4.98 Å². The van der Waals surface area contributed by atoms with E-state index in [9.17, 15) is 14.9 Å². The lowest BCUT2D eigenvalue weighted by Gasteiger charge is -2.06. The Labute approximate surface area is 85.5 Å². The number of aliphatic carboxylic acids is 1. The summed E-state index contributed by atoms with van der Waals surface area (Å²) in [4.78, 5) is 24.5. The molecule has 0 aliphatic rings. The molecule has 0 fully saturated rings. The number of nitrogens with zero attached hydrogens (tertiary/aromatic N) is 3. The van der Waals surface area contributed by atoms with Crippen LogP contribution >= 0.6 is 0 Å². The van der Waals surface area contributed by atoms with Crippen LogP contribution in [0.3, 0.4) is 0 Å². The second kappa shape index (κ2) is 3.68. The molecule has 1 aromatic rings. The van der Waals surface area contributed by atoms with Gasteiger partial charge >= 0.3 is 11.8 Å². The summed E-state index contributed by atoms with van der Waals surface area (Å²) in [6.07, 6.45) is 0. The summed E-state index contributed by atoms with van der Waals surface area (Å²) < 4.78 is 1.43. The number of aryl methyl sites for hydroxylation is 1. The van der Waals surface area contributed by atoms with Crippen LogP contribution in [0.2, 0.25) is 0 Å². The number of carboxylic acids is 1. The number of hydrogen-bond donors (Lipinski definition) is 1. The van der Waals surface area contributed by atoms with Crippen molar-refractivity contribution in [1.29, 1.82) is 0 Å². The van der Waals surface area contributed by atoms with E-state index in [0.717, 1.165) is 0 Å². The molecule has 1 N–H and O–H groups in total. The van der Waals surface area contributed by atoms with Crippen molar-refractivity contribution in [3.8, 4) is 0 Å². The minimum Gasteiger partial charge on any atom is -0.481 e. The first kappa shape index (κ1) is 11.2. The monoisotopic (exact) mass is 213 g/mol. The summed E-state index contributed by atoms with van der Waals surface area (Å²) in [5.41, 5.74) is 0.116. The highest BCUT2D eigenvalue weighted by Gasteiger charge is 2.31. The third-order valence-corrected chi connectivity index (χ3v) is 2.30. The molecule has 7 nitrogen and oxygen atoms in total. The van der Waals surface area contributed by atoms with Crippen LogP contribution in [-0.2, 0) is 11.8 Å². The highest BCUT2D eigenvalue weighted by atomic mass is 16.6. The summed E-state index contributed by atoms with van der Waals surface area (Å²) >= 11 is 0. The zero-order chi connectivity index (χ0) is 11.7. The average Bonchev–Trinajstić information content (AvgIpc) is 2.42. The predicted octanol–water partition coefficient (Wildman–Crippen LogP) is 0.825. The van der Waals surface area contributed by atoms with Gasteiger partial charge in [0.25, 0.3) is 0 Å². The highest BCUT2D eigenvalue weighted by molar-refractivity contribution is 5.76. The molecule has 0 saturated carbocycles. The third kappa shape index (κ3) is 1.80. The van der Waals surface area contributed by atoms with Crippen molar-refractivity contribution >= 4 is 11.8 Å².